The van der Waals surface area contributed by atoms with Gasteiger partial charge >= 0.3 is 5.97 Å². The van der Waals surface area contributed by atoms with Gasteiger partial charge in [-0.15, -0.1) is 0 Å². The molecule has 28 heavy (non-hydrogen) atoms. The lowest BCUT2D eigenvalue weighted by atomic mass is 9.98. The molecule has 0 amide bonds. The van der Waals surface area contributed by atoms with E-state index in [9.17, 15) is 9.18 Å². The molecule has 0 radical (unpaired) electrons. The Balaban J connectivity index is 2.32. The number of carbonyl (C=O) groups excluding carboxylic acids is 1. The first-order valence-corrected chi connectivity index (χ1v) is 10.5. The molecular weight excluding hydrogens is 453 g/mol. The van der Waals surface area contributed by atoms with E-state index < -0.39 is 17.2 Å². The van der Waals surface area contributed by atoms with Crippen molar-refractivity contribution in [2.45, 2.75) is 20.8 Å². The van der Waals surface area contributed by atoms with E-state index in [-0.39, 0.29) is 16.0 Å². The summed E-state index contributed by atoms with van der Waals surface area (Å²) in [5, 5.41) is 17.6. The number of hydrogen-bond acceptors (Lipinski definition) is 8. The van der Waals surface area contributed by atoms with Crippen LogP contribution in [0.4, 0.5) is 15.9 Å². The highest BCUT2D eigenvalue weighted by atomic mass is 79.9. The number of anilines is 2. The van der Waals surface area contributed by atoms with E-state index in [2.05, 4.69) is 42.0 Å². The van der Waals surface area contributed by atoms with Crippen LogP contribution < -0.4 is 10.6 Å². The zero-order valence-electron chi connectivity index (χ0n) is 15.9. The van der Waals surface area contributed by atoms with Crippen LogP contribution in [0.1, 0.15) is 26.5 Å². The van der Waals surface area contributed by atoms with Gasteiger partial charge in [0.05, 0.1) is 9.89 Å². The van der Waals surface area contributed by atoms with Gasteiger partial charge in [0.2, 0.25) is 11.7 Å². The van der Waals surface area contributed by atoms with Gasteiger partial charge in [-0.1, -0.05) is 5.16 Å². The van der Waals surface area contributed by atoms with Gasteiger partial charge in [-0.25, -0.2) is 13.8 Å². The third kappa shape index (κ3) is 6.20. The lowest BCUT2D eigenvalue weighted by molar-refractivity contribution is -0.152. The van der Waals surface area contributed by atoms with Crippen molar-refractivity contribution in [1.29, 1.82) is 0 Å². The first-order chi connectivity index (χ1) is 13.2. The molecule has 11 heteroatoms. The van der Waals surface area contributed by atoms with E-state index in [0.29, 0.717) is 18.1 Å². The maximum Gasteiger partial charge on any atom is 0.340 e. The molecule has 0 aliphatic rings. The first kappa shape index (κ1) is 22.2. The first-order valence-electron chi connectivity index (χ1n) is 8.29. The van der Waals surface area contributed by atoms with Crippen molar-refractivity contribution in [2.24, 2.45) is 10.6 Å². The van der Waals surface area contributed by atoms with Crippen LogP contribution in [-0.4, -0.2) is 40.7 Å². The highest BCUT2D eigenvalue weighted by Gasteiger charge is 2.25. The number of amidine groups is 1. The second-order valence-corrected chi connectivity index (χ2v) is 8.54. The summed E-state index contributed by atoms with van der Waals surface area (Å²) >= 11 is 4.79. The Morgan fingerprint density at radius 3 is 2.79 bits per heavy atom. The predicted molar refractivity (Wildman–Crippen MR) is 111 cm³/mol. The highest BCUT2D eigenvalue weighted by Crippen LogP contribution is 2.22. The maximum atomic E-state index is 13.5. The number of oxime groups is 1. The van der Waals surface area contributed by atoms with Gasteiger partial charge in [0, 0.05) is 18.0 Å². The van der Waals surface area contributed by atoms with Crippen LogP contribution in [0.2, 0.25) is 0 Å². The van der Waals surface area contributed by atoms with E-state index in [1.54, 1.807) is 32.5 Å². The van der Waals surface area contributed by atoms with Crippen LogP contribution in [0.15, 0.2) is 32.5 Å². The van der Waals surface area contributed by atoms with Crippen LogP contribution in [0.25, 0.3) is 0 Å². The molecule has 2 rings (SSSR count). The SMILES string of the molecule is CSCCNc1nonc1/C(=N/OC(=O)C(C)(C)C)Nc1ccc(F)c(Br)c1. The van der Waals surface area contributed by atoms with Crippen molar-refractivity contribution in [3.8, 4) is 0 Å². The molecule has 2 N–H and O–H groups in total. The van der Waals surface area contributed by atoms with Crippen LogP contribution in [0.3, 0.4) is 0 Å². The summed E-state index contributed by atoms with van der Waals surface area (Å²) in [6.45, 7) is 5.76. The fourth-order valence-corrected chi connectivity index (χ4v) is 2.48. The number of hydrogen-bond donors (Lipinski definition) is 2. The molecule has 152 valence electrons. The predicted octanol–water partition coefficient (Wildman–Crippen LogP) is 4.11. The van der Waals surface area contributed by atoms with Gasteiger partial charge in [-0.05, 0) is 71.5 Å². The van der Waals surface area contributed by atoms with Crippen molar-refractivity contribution in [3.05, 3.63) is 34.2 Å². The average Bonchev–Trinajstić information content (AvgIpc) is 3.09. The van der Waals surface area contributed by atoms with E-state index in [0.717, 1.165) is 5.75 Å². The normalized spacial score (nSPS) is 12.0. The molecule has 8 nitrogen and oxygen atoms in total. The highest BCUT2D eigenvalue weighted by molar-refractivity contribution is 9.10. The van der Waals surface area contributed by atoms with Crippen LogP contribution in [0, 0.1) is 11.2 Å². The van der Waals surface area contributed by atoms with Crippen LogP contribution in [0.5, 0.6) is 0 Å². The summed E-state index contributed by atoms with van der Waals surface area (Å²) < 4.78 is 18.6. The van der Waals surface area contributed by atoms with E-state index in [1.165, 1.54) is 18.2 Å². The molecule has 2 aromatic rings. The number of rotatable bonds is 7. The molecule has 0 spiro atoms. The smallest absolute Gasteiger partial charge is 0.340 e. The second-order valence-electron chi connectivity index (χ2n) is 6.70. The van der Waals surface area contributed by atoms with Crippen molar-refractivity contribution in [3.63, 3.8) is 0 Å². The molecular formula is C17H21BrFN5O3S. The number of thioether (sulfide) groups is 1. The number of nitrogens with one attached hydrogen (secondary N) is 2. The third-order valence-corrected chi connectivity index (χ3v) is 4.55. The maximum absolute atomic E-state index is 13.5. The summed E-state index contributed by atoms with van der Waals surface area (Å²) in [7, 11) is 0. The summed E-state index contributed by atoms with van der Waals surface area (Å²) in [5.41, 5.74) is -0.0187. The van der Waals surface area contributed by atoms with Crippen molar-refractivity contribution in [1.82, 2.24) is 10.3 Å². The van der Waals surface area contributed by atoms with Gasteiger partial charge < -0.3 is 15.5 Å². The summed E-state index contributed by atoms with van der Waals surface area (Å²) in [4.78, 5) is 17.2. The van der Waals surface area contributed by atoms with Crippen LogP contribution in [-0.2, 0) is 9.63 Å². The Hall–Kier alpha value is -2.14. The number of carbonyl (C=O) groups is 1. The molecule has 0 unspecified atom stereocenters. The van der Waals surface area contributed by atoms with E-state index >= 15 is 0 Å². The Bertz CT molecular complexity index is 854. The minimum absolute atomic E-state index is 0.0870. The summed E-state index contributed by atoms with van der Waals surface area (Å²) in [6.07, 6.45) is 1.98. The zero-order valence-corrected chi connectivity index (χ0v) is 18.3. The fourth-order valence-electron chi connectivity index (χ4n) is 1.79. The number of aromatic nitrogens is 2. The lowest BCUT2D eigenvalue weighted by Crippen LogP contribution is -2.23. The fraction of sp³-hybridized carbons (Fsp3) is 0.412. The zero-order chi connectivity index (χ0) is 20.7. The monoisotopic (exact) mass is 473 g/mol. The average molecular weight is 474 g/mol. The largest absolute Gasteiger partial charge is 0.364 e. The lowest BCUT2D eigenvalue weighted by Gasteiger charge is -2.14. The van der Waals surface area contributed by atoms with Gasteiger partial charge in [-0.2, -0.15) is 11.8 Å². The number of halogens is 2. The molecule has 0 saturated heterocycles. The molecule has 0 aliphatic heterocycles. The standard InChI is InChI=1S/C17H21BrFN5O3S/c1-17(2,3)16(25)26-23-15(21-10-5-6-12(19)11(18)9-10)13-14(24-27-22-13)20-7-8-28-4/h5-6,9H,7-8H2,1-4H3,(H,20,24)(H,21,23). The molecule has 0 bridgehead atoms. The molecule has 0 aliphatic carbocycles. The topological polar surface area (TPSA) is 102 Å². The van der Waals surface area contributed by atoms with Gasteiger partial charge in [-0.3, -0.25) is 0 Å². The number of benzene rings is 1. The third-order valence-electron chi connectivity index (χ3n) is 3.33. The molecule has 0 saturated carbocycles. The van der Waals surface area contributed by atoms with Crippen molar-refractivity contribution in [2.75, 3.05) is 29.2 Å². The van der Waals surface area contributed by atoms with Crippen molar-refractivity contribution >= 4 is 51.0 Å². The molecule has 1 aromatic carbocycles. The Morgan fingerprint density at radius 1 is 1.39 bits per heavy atom. The molecule has 1 aromatic heterocycles. The molecule has 1 heterocycles. The number of nitrogens with zero attached hydrogens (tertiary/aromatic N) is 3. The summed E-state index contributed by atoms with van der Waals surface area (Å²) in [6, 6.07) is 4.31. The van der Waals surface area contributed by atoms with E-state index in [1.807, 2.05) is 6.26 Å². The van der Waals surface area contributed by atoms with Crippen LogP contribution >= 0.6 is 27.7 Å². The van der Waals surface area contributed by atoms with Gasteiger partial charge in [0.1, 0.15) is 5.82 Å². The minimum Gasteiger partial charge on any atom is -0.364 e. The van der Waals surface area contributed by atoms with E-state index in [4.69, 9.17) is 9.47 Å². The minimum atomic E-state index is -0.741. The molecule has 0 fully saturated rings. The second kappa shape index (κ2) is 9.87. The Kier molecular flexibility index (Phi) is 7.81. The van der Waals surface area contributed by atoms with Gasteiger partial charge in [0.15, 0.2) is 5.69 Å². The molecule has 0 atom stereocenters. The summed E-state index contributed by atoms with van der Waals surface area (Å²) in [5.74, 6) is 0.333. The quantitative estimate of drug-likeness (QED) is 0.203. The van der Waals surface area contributed by atoms with Crippen molar-refractivity contribution < 1.29 is 18.7 Å². The Morgan fingerprint density at radius 2 is 2.14 bits per heavy atom. The van der Waals surface area contributed by atoms with Gasteiger partial charge in [0.25, 0.3) is 0 Å². The Labute approximate surface area is 174 Å².